The van der Waals surface area contributed by atoms with Crippen LogP contribution in [0.15, 0.2) is 42.5 Å². The fourth-order valence-corrected chi connectivity index (χ4v) is 3.44. The predicted molar refractivity (Wildman–Crippen MR) is 99.9 cm³/mol. The molecule has 0 saturated carbocycles. The Labute approximate surface area is 152 Å². The van der Waals surface area contributed by atoms with E-state index in [2.05, 4.69) is 10.3 Å². The number of piperidine rings is 1. The topological polar surface area (TPSA) is 82.5 Å². The first-order valence-corrected chi connectivity index (χ1v) is 8.76. The molecule has 0 radical (unpaired) electrons. The Kier molecular flexibility index (Phi) is 5.21. The molecule has 1 fully saturated rings. The van der Waals surface area contributed by atoms with Gasteiger partial charge >= 0.3 is 12.0 Å². The number of urea groups is 1. The first-order chi connectivity index (χ1) is 12.4. The van der Waals surface area contributed by atoms with Gasteiger partial charge in [0.25, 0.3) is 0 Å². The van der Waals surface area contributed by atoms with Crippen LogP contribution in [-0.2, 0) is 4.79 Å². The lowest BCUT2D eigenvalue weighted by molar-refractivity contribution is -0.143. The number of amides is 2. The summed E-state index contributed by atoms with van der Waals surface area (Å²) in [6, 6.07) is 13.4. The SMILES string of the molecule is Cc1nc(NC(=O)N2CC(C)CC(C(=O)O)C2)ccc1-c1ccccc1. The van der Waals surface area contributed by atoms with E-state index in [1.807, 2.05) is 50.2 Å². The van der Waals surface area contributed by atoms with Crippen LogP contribution in [0.5, 0.6) is 0 Å². The number of benzene rings is 1. The van der Waals surface area contributed by atoms with Gasteiger partial charge in [0.2, 0.25) is 0 Å². The number of carbonyl (C=O) groups is 2. The normalized spacial score (nSPS) is 19.8. The minimum absolute atomic E-state index is 0.158. The Bertz CT molecular complexity index is 807. The van der Waals surface area contributed by atoms with Gasteiger partial charge in [0.15, 0.2) is 0 Å². The molecule has 2 atom stereocenters. The standard InChI is InChI=1S/C20H23N3O3/c1-13-10-16(19(24)25)12-23(11-13)20(26)22-18-9-8-17(14(2)21-18)15-6-4-3-5-7-15/h3-9,13,16H,10-12H2,1-2H3,(H,24,25)(H,21,22,26). The highest BCUT2D eigenvalue weighted by atomic mass is 16.4. The average molecular weight is 353 g/mol. The molecule has 1 aliphatic rings. The van der Waals surface area contributed by atoms with Crippen molar-refractivity contribution in [3.05, 3.63) is 48.2 Å². The smallest absolute Gasteiger partial charge is 0.323 e. The molecule has 1 saturated heterocycles. The number of aromatic nitrogens is 1. The number of hydrogen-bond acceptors (Lipinski definition) is 3. The van der Waals surface area contributed by atoms with Gasteiger partial charge < -0.3 is 10.0 Å². The number of anilines is 1. The van der Waals surface area contributed by atoms with E-state index in [-0.39, 0.29) is 18.5 Å². The molecule has 2 unspecified atom stereocenters. The van der Waals surface area contributed by atoms with Crippen LogP contribution >= 0.6 is 0 Å². The second-order valence-corrected chi connectivity index (χ2v) is 6.91. The maximum atomic E-state index is 12.5. The minimum Gasteiger partial charge on any atom is -0.481 e. The molecule has 1 aromatic heterocycles. The van der Waals surface area contributed by atoms with Crippen molar-refractivity contribution >= 4 is 17.8 Å². The number of nitrogens with zero attached hydrogens (tertiary/aromatic N) is 2. The highest BCUT2D eigenvalue weighted by Crippen LogP contribution is 2.25. The molecule has 2 aromatic rings. The number of likely N-dealkylation sites (tertiary alicyclic amines) is 1. The fraction of sp³-hybridized carbons (Fsp3) is 0.350. The number of carboxylic acid groups (broad SMARTS) is 1. The molecule has 1 aliphatic heterocycles. The molecule has 2 N–H and O–H groups in total. The van der Waals surface area contributed by atoms with E-state index in [0.29, 0.717) is 18.8 Å². The quantitative estimate of drug-likeness (QED) is 0.883. The Hall–Kier alpha value is -2.89. The van der Waals surface area contributed by atoms with Gasteiger partial charge in [-0.05, 0) is 37.0 Å². The van der Waals surface area contributed by atoms with E-state index in [1.54, 1.807) is 11.0 Å². The number of aliphatic carboxylic acids is 1. The second kappa shape index (κ2) is 7.56. The van der Waals surface area contributed by atoms with Gasteiger partial charge in [-0.15, -0.1) is 0 Å². The summed E-state index contributed by atoms with van der Waals surface area (Å²) in [6.07, 6.45) is 0.599. The van der Waals surface area contributed by atoms with E-state index < -0.39 is 11.9 Å². The van der Waals surface area contributed by atoms with Crippen LogP contribution in [0, 0.1) is 18.8 Å². The third-order valence-electron chi connectivity index (χ3n) is 4.70. The molecule has 0 spiro atoms. The van der Waals surface area contributed by atoms with Crippen molar-refractivity contribution in [3.8, 4) is 11.1 Å². The first-order valence-electron chi connectivity index (χ1n) is 8.76. The Morgan fingerprint density at radius 3 is 2.54 bits per heavy atom. The Balaban J connectivity index is 1.71. The van der Waals surface area contributed by atoms with Crippen molar-refractivity contribution in [3.63, 3.8) is 0 Å². The lowest BCUT2D eigenvalue weighted by Gasteiger charge is -2.34. The van der Waals surface area contributed by atoms with E-state index in [9.17, 15) is 14.7 Å². The van der Waals surface area contributed by atoms with Crippen molar-refractivity contribution < 1.29 is 14.7 Å². The van der Waals surface area contributed by atoms with Gasteiger partial charge in [0.05, 0.1) is 5.92 Å². The van der Waals surface area contributed by atoms with Crippen molar-refractivity contribution in [1.82, 2.24) is 9.88 Å². The molecule has 2 heterocycles. The van der Waals surface area contributed by atoms with Gasteiger partial charge in [-0.25, -0.2) is 9.78 Å². The minimum atomic E-state index is -0.851. The van der Waals surface area contributed by atoms with Gasteiger partial charge in [-0.3, -0.25) is 10.1 Å². The van der Waals surface area contributed by atoms with Crippen molar-refractivity contribution in [2.45, 2.75) is 20.3 Å². The monoisotopic (exact) mass is 353 g/mol. The molecule has 3 rings (SSSR count). The van der Waals surface area contributed by atoms with E-state index >= 15 is 0 Å². The number of carboxylic acids is 1. The fourth-order valence-electron chi connectivity index (χ4n) is 3.44. The summed E-state index contributed by atoms with van der Waals surface area (Å²) >= 11 is 0. The zero-order valence-corrected chi connectivity index (χ0v) is 15.0. The average Bonchev–Trinajstić information content (AvgIpc) is 2.62. The highest BCUT2D eigenvalue weighted by Gasteiger charge is 2.32. The van der Waals surface area contributed by atoms with Crippen LogP contribution in [0.1, 0.15) is 19.0 Å². The highest BCUT2D eigenvalue weighted by molar-refractivity contribution is 5.89. The van der Waals surface area contributed by atoms with Crippen LogP contribution in [0.2, 0.25) is 0 Å². The van der Waals surface area contributed by atoms with E-state index in [0.717, 1.165) is 16.8 Å². The lowest BCUT2D eigenvalue weighted by atomic mass is 9.91. The number of aryl methyl sites for hydroxylation is 1. The van der Waals surface area contributed by atoms with Crippen molar-refractivity contribution in [1.29, 1.82) is 0 Å². The Morgan fingerprint density at radius 1 is 1.15 bits per heavy atom. The molecule has 6 nitrogen and oxygen atoms in total. The summed E-state index contributed by atoms with van der Waals surface area (Å²) < 4.78 is 0. The summed E-state index contributed by atoms with van der Waals surface area (Å²) in [5, 5.41) is 12.0. The van der Waals surface area contributed by atoms with Crippen LogP contribution in [0.25, 0.3) is 11.1 Å². The lowest BCUT2D eigenvalue weighted by Crippen LogP contribution is -2.47. The summed E-state index contributed by atoms with van der Waals surface area (Å²) in [7, 11) is 0. The number of rotatable bonds is 3. The van der Waals surface area contributed by atoms with E-state index in [1.165, 1.54) is 0 Å². The van der Waals surface area contributed by atoms with Gasteiger partial charge in [0.1, 0.15) is 5.82 Å². The zero-order chi connectivity index (χ0) is 18.7. The van der Waals surface area contributed by atoms with Crippen LogP contribution in [0.3, 0.4) is 0 Å². The Morgan fingerprint density at radius 2 is 1.88 bits per heavy atom. The molecular weight excluding hydrogens is 330 g/mol. The van der Waals surface area contributed by atoms with Crippen LogP contribution < -0.4 is 5.32 Å². The van der Waals surface area contributed by atoms with Crippen LogP contribution in [0.4, 0.5) is 10.6 Å². The number of nitrogens with one attached hydrogen (secondary N) is 1. The van der Waals surface area contributed by atoms with Crippen LogP contribution in [-0.4, -0.2) is 40.1 Å². The van der Waals surface area contributed by atoms with Gasteiger partial charge in [-0.2, -0.15) is 0 Å². The molecule has 2 amide bonds. The number of hydrogen-bond donors (Lipinski definition) is 2. The summed E-state index contributed by atoms with van der Waals surface area (Å²) in [5.74, 6) is -0.738. The number of carbonyl (C=O) groups excluding carboxylic acids is 1. The van der Waals surface area contributed by atoms with Gasteiger partial charge in [-0.1, -0.05) is 37.3 Å². The molecule has 6 heteroatoms. The molecule has 0 bridgehead atoms. The summed E-state index contributed by atoms with van der Waals surface area (Å²) in [6.45, 7) is 4.65. The summed E-state index contributed by atoms with van der Waals surface area (Å²) in [5.41, 5.74) is 2.91. The molecular formula is C20H23N3O3. The maximum absolute atomic E-state index is 12.5. The molecule has 0 aliphatic carbocycles. The van der Waals surface area contributed by atoms with Gasteiger partial charge in [0, 0.05) is 24.3 Å². The largest absolute Gasteiger partial charge is 0.481 e. The zero-order valence-electron chi connectivity index (χ0n) is 15.0. The number of pyridine rings is 1. The predicted octanol–water partition coefficient (Wildman–Crippen LogP) is 3.63. The third kappa shape index (κ3) is 4.02. The van der Waals surface area contributed by atoms with Crippen molar-refractivity contribution in [2.75, 3.05) is 18.4 Å². The second-order valence-electron chi connectivity index (χ2n) is 6.91. The van der Waals surface area contributed by atoms with E-state index in [4.69, 9.17) is 0 Å². The first kappa shape index (κ1) is 17.9. The molecule has 26 heavy (non-hydrogen) atoms. The third-order valence-corrected chi connectivity index (χ3v) is 4.70. The summed E-state index contributed by atoms with van der Waals surface area (Å²) in [4.78, 5) is 29.8. The maximum Gasteiger partial charge on any atom is 0.323 e. The van der Waals surface area contributed by atoms with Crippen molar-refractivity contribution in [2.24, 2.45) is 11.8 Å². The molecule has 136 valence electrons. The molecule has 1 aromatic carbocycles.